The molecule has 0 aromatic heterocycles. The molecule has 0 saturated carbocycles. The normalized spacial score (nSPS) is 17.2. The van der Waals surface area contributed by atoms with Gasteiger partial charge in [-0.25, -0.2) is 0 Å². The van der Waals surface area contributed by atoms with Gasteiger partial charge in [0.15, 0.2) is 0 Å². The maximum absolute atomic E-state index is 13.7. The third kappa shape index (κ3) is 3.38. The summed E-state index contributed by atoms with van der Waals surface area (Å²) in [6.45, 7) is 3.52. The van der Waals surface area contributed by atoms with Gasteiger partial charge in [-0.15, -0.1) is 0 Å². The van der Waals surface area contributed by atoms with Crippen LogP contribution in [0.4, 0.5) is 0 Å². The molecule has 0 unspecified atom stereocenters. The Morgan fingerprint density at radius 2 is 0.923 bits per heavy atom. The second-order valence-electron chi connectivity index (χ2n) is 10.2. The number of carbonyl (C=O) groups is 2. The fraction of sp³-hybridized carbons (Fsp3) is 0.161. The lowest BCUT2D eigenvalue weighted by atomic mass is 9.63. The number of fused-ring (bicyclic) bond motifs is 4. The van der Waals surface area contributed by atoms with E-state index in [1.54, 1.807) is 32.0 Å². The summed E-state index contributed by atoms with van der Waals surface area (Å²) in [5.74, 6) is -4.18. The Balaban J connectivity index is 1.80. The fourth-order valence-electron chi connectivity index (χ4n) is 6.24. The van der Waals surface area contributed by atoms with E-state index in [0.29, 0.717) is 27.8 Å². The predicted molar refractivity (Wildman–Crippen MR) is 141 cm³/mol. The van der Waals surface area contributed by atoms with Crippen LogP contribution < -0.4 is 4.74 Å². The second kappa shape index (κ2) is 8.26. The number of benzene rings is 4. The minimum atomic E-state index is -0.838. The van der Waals surface area contributed by atoms with Crippen LogP contribution in [-0.4, -0.2) is 44.2 Å². The molecule has 196 valence electrons. The lowest BCUT2D eigenvalue weighted by Crippen LogP contribution is -2.29. The largest absolute Gasteiger partial charge is 0.508 e. The Morgan fingerprint density at radius 1 is 0.538 bits per heavy atom. The first-order chi connectivity index (χ1) is 18.5. The first-order valence-electron chi connectivity index (χ1n) is 12.2. The van der Waals surface area contributed by atoms with Crippen molar-refractivity contribution < 1.29 is 39.9 Å². The Morgan fingerprint density at radius 3 is 1.38 bits per heavy atom. The molecule has 8 nitrogen and oxygen atoms in total. The van der Waals surface area contributed by atoms with Crippen molar-refractivity contribution in [2.45, 2.75) is 25.7 Å². The van der Waals surface area contributed by atoms with Crippen LogP contribution in [0.5, 0.6) is 34.5 Å². The smallest absolute Gasteiger partial charge is 0.201 e. The Kier molecular flexibility index (Phi) is 5.16. The number of rotatable bonds is 2. The molecule has 39 heavy (non-hydrogen) atoms. The van der Waals surface area contributed by atoms with Gasteiger partial charge in [-0.2, -0.15) is 0 Å². The van der Waals surface area contributed by atoms with Crippen LogP contribution >= 0.6 is 0 Å². The van der Waals surface area contributed by atoms with Gasteiger partial charge in [0.05, 0.1) is 29.4 Å². The number of phenols is 5. The molecular formula is C31H24O8. The summed E-state index contributed by atoms with van der Waals surface area (Å²) in [5, 5.41) is 54.2. The highest BCUT2D eigenvalue weighted by Crippen LogP contribution is 2.56. The summed E-state index contributed by atoms with van der Waals surface area (Å²) in [7, 11) is 1.42. The number of aryl methyl sites for hydroxylation is 2. The second-order valence-corrected chi connectivity index (χ2v) is 10.2. The first-order valence-corrected chi connectivity index (χ1v) is 12.2. The van der Waals surface area contributed by atoms with Crippen molar-refractivity contribution >= 4 is 11.6 Å². The van der Waals surface area contributed by atoms with E-state index in [2.05, 4.69) is 0 Å². The Labute approximate surface area is 223 Å². The maximum atomic E-state index is 13.7. The van der Waals surface area contributed by atoms with Crippen molar-refractivity contribution in [3.8, 4) is 34.5 Å². The van der Waals surface area contributed by atoms with Crippen molar-refractivity contribution in [1.82, 2.24) is 0 Å². The van der Waals surface area contributed by atoms with Crippen molar-refractivity contribution in [1.29, 1.82) is 0 Å². The zero-order valence-corrected chi connectivity index (χ0v) is 21.2. The molecule has 0 spiro atoms. The van der Waals surface area contributed by atoms with Crippen molar-refractivity contribution in [2.75, 3.05) is 7.11 Å². The number of ether oxygens (including phenoxy) is 1. The molecule has 2 atom stereocenters. The number of phenolic OH excluding ortho intramolecular Hbond substituents is 5. The van der Waals surface area contributed by atoms with Gasteiger partial charge in [-0.1, -0.05) is 12.1 Å². The van der Waals surface area contributed by atoms with Gasteiger partial charge in [0.2, 0.25) is 11.6 Å². The lowest BCUT2D eigenvalue weighted by Gasteiger charge is -2.38. The van der Waals surface area contributed by atoms with E-state index in [9.17, 15) is 35.1 Å². The molecule has 0 bridgehead atoms. The van der Waals surface area contributed by atoms with Crippen molar-refractivity contribution in [2.24, 2.45) is 0 Å². The van der Waals surface area contributed by atoms with E-state index < -0.39 is 29.2 Å². The number of methoxy groups -OCH3 is 1. The standard InChI is InChI=1S/C31H24O8/c1-12-4-16-24(18-8-14(32)9-22(35)28(18)30(37)26(16)20(33)6-12)25-17-5-13(2)7-21(34)27(17)31(38)29-19(25)10-15(39-3)11-23(29)36/h4-11,24-25,32-36H,1-3H3/t24-,25+/m0/s1. The zero-order chi connectivity index (χ0) is 27.9. The summed E-state index contributed by atoms with van der Waals surface area (Å²) in [6, 6.07) is 11.8. The van der Waals surface area contributed by atoms with Gasteiger partial charge in [0.1, 0.15) is 34.5 Å². The summed E-state index contributed by atoms with van der Waals surface area (Å²) in [6.07, 6.45) is 0. The molecule has 4 aromatic carbocycles. The molecule has 5 N–H and O–H groups in total. The molecular weight excluding hydrogens is 500 g/mol. The highest BCUT2D eigenvalue weighted by Gasteiger charge is 2.46. The molecule has 0 aliphatic heterocycles. The van der Waals surface area contributed by atoms with E-state index in [0.717, 1.165) is 6.07 Å². The molecule has 0 fully saturated rings. The lowest BCUT2D eigenvalue weighted by molar-refractivity contribution is 0.101. The van der Waals surface area contributed by atoms with Crippen LogP contribution in [0.2, 0.25) is 0 Å². The topological polar surface area (TPSA) is 145 Å². The minimum absolute atomic E-state index is 0.000170. The first kappa shape index (κ1) is 24.4. The van der Waals surface area contributed by atoms with E-state index in [-0.39, 0.29) is 56.6 Å². The number of ketones is 2. The molecule has 2 aliphatic rings. The quantitative estimate of drug-likeness (QED) is 0.249. The number of aromatic hydroxyl groups is 5. The Hall–Kier alpha value is -4.98. The van der Waals surface area contributed by atoms with Crippen LogP contribution in [0.15, 0.2) is 48.5 Å². The van der Waals surface area contributed by atoms with Crippen molar-refractivity contribution in [3.05, 3.63) is 104 Å². The molecule has 4 aromatic rings. The monoisotopic (exact) mass is 524 g/mol. The van der Waals surface area contributed by atoms with E-state index in [1.807, 2.05) is 0 Å². The maximum Gasteiger partial charge on any atom is 0.201 e. The number of carbonyl (C=O) groups excluding carboxylic acids is 2. The summed E-state index contributed by atoms with van der Waals surface area (Å²) in [5.41, 5.74) is 2.67. The van der Waals surface area contributed by atoms with Gasteiger partial charge >= 0.3 is 0 Å². The SMILES string of the molecule is COc1cc(O)c2c(c1)[C@H]([C@H]1c3cc(C)cc(O)c3C(=O)c3c(O)cc(O)cc31)c1cc(C)cc(O)c1C2=O. The van der Waals surface area contributed by atoms with Gasteiger partial charge in [-0.05, 0) is 71.5 Å². The Bertz CT molecular complexity index is 1710. The third-order valence-corrected chi connectivity index (χ3v) is 7.66. The molecule has 0 heterocycles. The van der Waals surface area contributed by atoms with E-state index in [1.165, 1.54) is 31.4 Å². The minimum Gasteiger partial charge on any atom is -0.508 e. The highest BCUT2D eigenvalue weighted by atomic mass is 16.5. The molecule has 6 rings (SSSR count). The average molecular weight is 525 g/mol. The van der Waals surface area contributed by atoms with Crippen LogP contribution in [0.25, 0.3) is 0 Å². The van der Waals surface area contributed by atoms with E-state index >= 15 is 0 Å². The number of hydrogen-bond acceptors (Lipinski definition) is 8. The van der Waals surface area contributed by atoms with E-state index in [4.69, 9.17) is 4.74 Å². The van der Waals surface area contributed by atoms with Gasteiger partial charge < -0.3 is 30.3 Å². The van der Waals surface area contributed by atoms with Crippen LogP contribution in [0, 0.1) is 13.8 Å². The molecule has 8 heteroatoms. The predicted octanol–water partition coefficient (Wildman–Crippen LogP) is 4.89. The molecule has 2 aliphatic carbocycles. The van der Waals surface area contributed by atoms with Gasteiger partial charge in [0.25, 0.3) is 0 Å². The summed E-state index contributed by atoms with van der Waals surface area (Å²) < 4.78 is 5.41. The number of hydrogen-bond donors (Lipinski definition) is 5. The van der Waals surface area contributed by atoms with Crippen molar-refractivity contribution in [3.63, 3.8) is 0 Å². The average Bonchev–Trinajstić information content (AvgIpc) is 2.83. The molecule has 0 radical (unpaired) electrons. The zero-order valence-electron chi connectivity index (χ0n) is 21.2. The molecule has 0 amide bonds. The fourth-order valence-corrected chi connectivity index (χ4v) is 6.24. The third-order valence-electron chi connectivity index (χ3n) is 7.66. The van der Waals surface area contributed by atoms with Crippen LogP contribution in [0.1, 0.15) is 77.1 Å². The highest BCUT2D eigenvalue weighted by molar-refractivity contribution is 6.18. The summed E-state index contributed by atoms with van der Waals surface area (Å²) in [4.78, 5) is 27.4. The summed E-state index contributed by atoms with van der Waals surface area (Å²) >= 11 is 0. The van der Waals surface area contributed by atoms with Gasteiger partial charge in [0, 0.05) is 24.0 Å². The molecule has 0 saturated heterocycles. The van der Waals surface area contributed by atoms with Crippen LogP contribution in [0.3, 0.4) is 0 Å². The van der Waals surface area contributed by atoms with Gasteiger partial charge in [-0.3, -0.25) is 9.59 Å². The van der Waals surface area contributed by atoms with Crippen LogP contribution in [-0.2, 0) is 0 Å².